The first-order chi connectivity index (χ1) is 16.6. The molecule has 0 unspecified atom stereocenters. The van der Waals surface area contributed by atoms with Crippen LogP contribution in [0.15, 0.2) is 48.6 Å². The van der Waals surface area contributed by atoms with Crippen molar-refractivity contribution >= 4 is 16.7 Å². The van der Waals surface area contributed by atoms with Gasteiger partial charge < -0.3 is 28.4 Å². The summed E-state index contributed by atoms with van der Waals surface area (Å²) in [5.41, 5.74) is 2.72. The fourth-order valence-corrected chi connectivity index (χ4v) is 3.71. The Morgan fingerprint density at radius 1 is 0.794 bits per heavy atom. The van der Waals surface area contributed by atoms with Crippen LogP contribution in [0.4, 0.5) is 0 Å². The highest BCUT2D eigenvalue weighted by molar-refractivity contribution is 5.96. The zero-order chi connectivity index (χ0) is 24.2. The number of methoxy groups -OCH3 is 1. The molecule has 184 valence electrons. The van der Waals surface area contributed by atoms with Crippen LogP contribution in [-0.2, 0) is 36.6 Å². The molecule has 34 heavy (non-hydrogen) atoms. The zero-order valence-corrected chi connectivity index (χ0v) is 20.1. The molecule has 0 saturated carbocycles. The van der Waals surface area contributed by atoms with Crippen LogP contribution in [0.2, 0.25) is 0 Å². The fourth-order valence-electron chi connectivity index (χ4n) is 3.71. The van der Waals surface area contributed by atoms with Gasteiger partial charge in [0, 0.05) is 34.6 Å². The average molecular weight is 471 g/mol. The lowest BCUT2D eigenvalue weighted by molar-refractivity contribution is -0.140. The second-order valence-corrected chi connectivity index (χ2v) is 7.87. The van der Waals surface area contributed by atoms with Gasteiger partial charge in [-0.2, -0.15) is 0 Å². The van der Waals surface area contributed by atoms with Crippen molar-refractivity contribution in [3.63, 3.8) is 0 Å². The van der Waals surface area contributed by atoms with Crippen LogP contribution in [0, 0.1) is 0 Å². The van der Waals surface area contributed by atoms with Gasteiger partial charge in [-0.05, 0) is 19.8 Å². The lowest BCUT2D eigenvalue weighted by Crippen LogP contribution is -2.15. The molecule has 0 N–H and O–H groups in total. The van der Waals surface area contributed by atoms with Crippen LogP contribution in [-0.4, -0.2) is 65.9 Å². The summed E-state index contributed by atoms with van der Waals surface area (Å²) < 4.78 is 33.6. The van der Waals surface area contributed by atoms with Crippen LogP contribution in [0.25, 0.3) is 10.8 Å². The third-order valence-corrected chi connectivity index (χ3v) is 5.33. The highest BCUT2D eigenvalue weighted by atomic mass is 16.6. The minimum atomic E-state index is -0.406. The molecule has 0 radical (unpaired) electrons. The van der Waals surface area contributed by atoms with Crippen molar-refractivity contribution in [3.05, 3.63) is 59.7 Å². The predicted octanol–water partition coefficient (Wildman–Crippen LogP) is 4.05. The van der Waals surface area contributed by atoms with Crippen molar-refractivity contribution in [3.8, 4) is 11.5 Å². The summed E-state index contributed by atoms with van der Waals surface area (Å²) in [5, 5.41) is 2.08. The third kappa shape index (κ3) is 7.06. The lowest BCUT2D eigenvalue weighted by Gasteiger charge is -2.23. The number of hydrogen-bond acceptors (Lipinski definition) is 7. The minimum Gasteiger partial charge on any atom is -0.490 e. The topological polar surface area (TPSA) is 72.5 Å². The van der Waals surface area contributed by atoms with Crippen LogP contribution < -0.4 is 9.47 Å². The van der Waals surface area contributed by atoms with E-state index in [9.17, 15) is 4.79 Å². The van der Waals surface area contributed by atoms with Gasteiger partial charge in [-0.25, -0.2) is 4.79 Å². The van der Waals surface area contributed by atoms with E-state index in [4.69, 9.17) is 28.4 Å². The average Bonchev–Trinajstić information content (AvgIpc) is 2.85. The van der Waals surface area contributed by atoms with Gasteiger partial charge in [0.1, 0.15) is 31.3 Å². The molecule has 1 aliphatic carbocycles. The molecule has 0 spiro atoms. The molecule has 0 heterocycles. The van der Waals surface area contributed by atoms with Crippen molar-refractivity contribution in [2.45, 2.75) is 19.8 Å². The molecule has 2 aromatic carbocycles. The number of allylic oxidation sites excluding steroid dienone is 2. The quantitative estimate of drug-likeness (QED) is 0.168. The Morgan fingerprint density at radius 3 is 1.82 bits per heavy atom. The fraction of sp³-hybridized carbons (Fsp3) is 0.444. The summed E-state index contributed by atoms with van der Waals surface area (Å²) in [6, 6.07) is 8.18. The van der Waals surface area contributed by atoms with Gasteiger partial charge in [-0.1, -0.05) is 43.0 Å². The van der Waals surface area contributed by atoms with Gasteiger partial charge in [0.25, 0.3) is 0 Å². The normalized spacial score (nSPS) is 12.4. The van der Waals surface area contributed by atoms with E-state index < -0.39 is 5.97 Å². The molecular weight excluding hydrogens is 436 g/mol. The monoisotopic (exact) mass is 470 g/mol. The number of carbonyl (C=O) groups is 1. The second-order valence-electron chi connectivity index (χ2n) is 7.87. The molecule has 2 aromatic rings. The maximum atomic E-state index is 11.3. The first kappa shape index (κ1) is 25.7. The molecule has 0 aliphatic heterocycles. The van der Waals surface area contributed by atoms with Gasteiger partial charge in [-0.15, -0.1) is 0 Å². The molecule has 7 nitrogen and oxygen atoms in total. The number of esters is 1. The molecular formula is C27H34O7. The van der Waals surface area contributed by atoms with E-state index in [0.29, 0.717) is 51.8 Å². The third-order valence-electron chi connectivity index (χ3n) is 5.33. The van der Waals surface area contributed by atoms with E-state index in [1.54, 1.807) is 14.0 Å². The summed E-state index contributed by atoms with van der Waals surface area (Å²) >= 11 is 0. The molecule has 0 amide bonds. The molecule has 0 saturated heterocycles. The van der Waals surface area contributed by atoms with Crippen molar-refractivity contribution in [1.29, 1.82) is 0 Å². The Bertz CT molecular complexity index is 996. The van der Waals surface area contributed by atoms with Gasteiger partial charge >= 0.3 is 5.97 Å². The Hall–Kier alpha value is -2.87. The second kappa shape index (κ2) is 13.7. The molecule has 1 aliphatic rings. The maximum absolute atomic E-state index is 11.3. The standard InChI is InChI=1S/C27H34O7/c1-20(2)27(28)34-19-16-31-14-13-30-15-18-33-26-23-10-6-4-8-21(23)25(32-17-12-29-3)22-9-5-7-11-24(22)26/h4-8,10H,1,9,11-19H2,2-3H3. The highest BCUT2D eigenvalue weighted by Gasteiger charge is 2.22. The largest absolute Gasteiger partial charge is 0.490 e. The molecule has 7 heteroatoms. The van der Waals surface area contributed by atoms with Crippen molar-refractivity contribution in [2.24, 2.45) is 0 Å². The number of benzene rings is 2. The van der Waals surface area contributed by atoms with Crippen LogP contribution in [0.5, 0.6) is 11.5 Å². The smallest absolute Gasteiger partial charge is 0.333 e. The number of hydrogen-bond donors (Lipinski definition) is 0. The Kier molecular flexibility index (Phi) is 10.4. The maximum Gasteiger partial charge on any atom is 0.333 e. The van der Waals surface area contributed by atoms with Crippen molar-refractivity contribution in [1.82, 2.24) is 0 Å². The van der Waals surface area contributed by atoms with E-state index in [2.05, 4.69) is 30.9 Å². The van der Waals surface area contributed by atoms with Crippen LogP contribution >= 0.6 is 0 Å². The van der Waals surface area contributed by atoms with Crippen LogP contribution in [0.1, 0.15) is 18.1 Å². The highest BCUT2D eigenvalue weighted by Crippen LogP contribution is 2.43. The summed E-state index contributed by atoms with van der Waals surface area (Å²) in [7, 11) is 1.67. The predicted molar refractivity (Wildman–Crippen MR) is 131 cm³/mol. The molecule has 0 aromatic heterocycles. The number of ether oxygens (including phenoxy) is 6. The SMILES string of the molecule is C=C(C)C(=O)OCCOCCOCCOc1c2c(c(OCCOC)c3ccccc13)CC=CC2. The van der Waals surface area contributed by atoms with Gasteiger partial charge in [0.05, 0.1) is 33.0 Å². The van der Waals surface area contributed by atoms with E-state index >= 15 is 0 Å². The molecule has 3 rings (SSSR count). The number of fused-ring (bicyclic) bond motifs is 2. The summed E-state index contributed by atoms with van der Waals surface area (Å²) in [6.45, 7) is 8.44. The van der Waals surface area contributed by atoms with Gasteiger partial charge in [0.2, 0.25) is 0 Å². The van der Waals surface area contributed by atoms with Crippen LogP contribution in [0.3, 0.4) is 0 Å². The molecule has 0 bridgehead atoms. The Morgan fingerprint density at radius 2 is 1.29 bits per heavy atom. The minimum absolute atomic E-state index is 0.201. The Labute approximate surface area is 201 Å². The zero-order valence-electron chi connectivity index (χ0n) is 20.1. The summed E-state index contributed by atoms with van der Waals surface area (Å²) in [4.78, 5) is 11.3. The first-order valence-corrected chi connectivity index (χ1v) is 11.6. The number of carbonyl (C=O) groups excluding carboxylic acids is 1. The molecule has 0 fully saturated rings. The number of rotatable bonds is 15. The lowest BCUT2D eigenvalue weighted by atomic mass is 9.90. The van der Waals surface area contributed by atoms with Crippen molar-refractivity contribution < 1.29 is 33.2 Å². The first-order valence-electron chi connectivity index (χ1n) is 11.6. The van der Waals surface area contributed by atoms with Crippen molar-refractivity contribution in [2.75, 3.05) is 60.0 Å². The molecule has 0 atom stereocenters. The van der Waals surface area contributed by atoms with Gasteiger partial charge in [0.15, 0.2) is 0 Å². The van der Waals surface area contributed by atoms with E-state index in [1.165, 1.54) is 11.1 Å². The summed E-state index contributed by atoms with van der Waals surface area (Å²) in [5.74, 6) is 1.41. The summed E-state index contributed by atoms with van der Waals surface area (Å²) in [6.07, 6.45) is 5.96. The van der Waals surface area contributed by atoms with Gasteiger partial charge in [-0.3, -0.25) is 0 Å². The van der Waals surface area contributed by atoms with E-state index in [-0.39, 0.29) is 6.61 Å². The van der Waals surface area contributed by atoms with E-state index in [1.807, 2.05) is 12.1 Å². The van der Waals surface area contributed by atoms with E-state index in [0.717, 1.165) is 35.1 Å². The Balaban J connectivity index is 1.52.